The fourth-order valence-electron chi connectivity index (χ4n) is 2.60. The summed E-state index contributed by atoms with van der Waals surface area (Å²) in [5.74, 6) is 0. The van der Waals surface area contributed by atoms with Gasteiger partial charge < -0.3 is 4.90 Å². The van der Waals surface area contributed by atoms with Crippen LogP contribution in [0.2, 0.25) is 0 Å². The number of rotatable bonds is 4. The fourth-order valence-corrected chi connectivity index (χ4v) is 3.33. The minimum Gasteiger partial charge on any atom is -0.302 e. The highest BCUT2D eigenvalue weighted by Crippen LogP contribution is 2.20. The number of halogens is 1. The number of piperidine rings is 1. The Hall–Kier alpha value is -1.04. The molecule has 1 fully saturated rings. The van der Waals surface area contributed by atoms with Crippen LogP contribution in [0.5, 0.6) is 0 Å². The second-order valence-electron chi connectivity index (χ2n) is 5.06. The SMILES string of the molecule is Cl.O=c1[nH]n(CCN2CCCCC2)cc1-c1cccs1. The molecule has 1 aliphatic rings. The molecule has 2 aromatic heterocycles. The molecule has 3 heterocycles. The van der Waals surface area contributed by atoms with Gasteiger partial charge in [0.15, 0.2) is 0 Å². The van der Waals surface area contributed by atoms with Gasteiger partial charge in [-0.05, 0) is 37.4 Å². The van der Waals surface area contributed by atoms with Crippen LogP contribution in [0.3, 0.4) is 0 Å². The van der Waals surface area contributed by atoms with Crippen LogP contribution in [0.4, 0.5) is 0 Å². The second kappa shape index (κ2) is 7.11. The number of H-pyrrole nitrogens is 1. The lowest BCUT2D eigenvalue weighted by atomic mass is 10.1. The lowest BCUT2D eigenvalue weighted by Gasteiger charge is -2.26. The molecule has 1 N–H and O–H groups in total. The van der Waals surface area contributed by atoms with Crippen LogP contribution in [0, 0.1) is 0 Å². The Morgan fingerprint density at radius 3 is 2.70 bits per heavy atom. The van der Waals surface area contributed by atoms with Gasteiger partial charge in [0.2, 0.25) is 0 Å². The Labute approximate surface area is 128 Å². The second-order valence-corrected chi connectivity index (χ2v) is 6.00. The van der Waals surface area contributed by atoms with Crippen LogP contribution in [-0.4, -0.2) is 34.3 Å². The molecule has 6 heteroatoms. The van der Waals surface area contributed by atoms with Crippen LogP contribution in [0.15, 0.2) is 28.5 Å². The third kappa shape index (κ3) is 3.53. The molecule has 4 nitrogen and oxygen atoms in total. The fraction of sp³-hybridized carbons (Fsp3) is 0.500. The maximum atomic E-state index is 11.9. The number of hydrogen-bond donors (Lipinski definition) is 1. The summed E-state index contributed by atoms with van der Waals surface area (Å²) in [6.45, 7) is 4.28. The smallest absolute Gasteiger partial charge is 0.272 e. The number of aromatic nitrogens is 2. The van der Waals surface area contributed by atoms with Crippen molar-refractivity contribution in [3.63, 3.8) is 0 Å². The molecule has 0 unspecified atom stereocenters. The maximum Gasteiger partial charge on any atom is 0.272 e. The number of hydrogen-bond acceptors (Lipinski definition) is 3. The van der Waals surface area contributed by atoms with Gasteiger partial charge in [-0.2, -0.15) is 0 Å². The lowest BCUT2D eigenvalue weighted by molar-refractivity contribution is 0.218. The number of aromatic amines is 1. The van der Waals surface area contributed by atoms with E-state index in [2.05, 4.69) is 10.00 Å². The third-order valence-electron chi connectivity index (χ3n) is 3.67. The van der Waals surface area contributed by atoms with Crippen molar-refractivity contribution in [2.45, 2.75) is 25.8 Å². The highest BCUT2D eigenvalue weighted by atomic mass is 35.5. The maximum absolute atomic E-state index is 11.9. The minimum absolute atomic E-state index is 0. The molecule has 0 atom stereocenters. The van der Waals surface area contributed by atoms with Gasteiger partial charge in [-0.15, -0.1) is 23.7 Å². The first-order chi connectivity index (χ1) is 9.33. The molecule has 0 aromatic carbocycles. The van der Waals surface area contributed by atoms with E-state index in [1.807, 2.05) is 28.4 Å². The summed E-state index contributed by atoms with van der Waals surface area (Å²) in [6, 6.07) is 3.97. The van der Waals surface area contributed by atoms with Crippen molar-refractivity contribution >= 4 is 23.7 Å². The number of likely N-dealkylation sites (tertiary alicyclic amines) is 1. The average Bonchev–Trinajstić information content (AvgIpc) is 3.07. The van der Waals surface area contributed by atoms with Gasteiger partial charge in [-0.25, -0.2) is 0 Å². The van der Waals surface area contributed by atoms with Crippen molar-refractivity contribution in [2.24, 2.45) is 0 Å². The van der Waals surface area contributed by atoms with Gasteiger partial charge in [0.05, 0.1) is 12.1 Å². The van der Waals surface area contributed by atoms with Gasteiger partial charge in [0.1, 0.15) is 0 Å². The number of nitrogens with zero attached hydrogens (tertiary/aromatic N) is 2. The Morgan fingerprint density at radius 2 is 2.00 bits per heavy atom. The van der Waals surface area contributed by atoms with Gasteiger partial charge in [-0.1, -0.05) is 12.5 Å². The molecule has 1 aliphatic heterocycles. The van der Waals surface area contributed by atoms with E-state index in [4.69, 9.17) is 0 Å². The van der Waals surface area contributed by atoms with Crippen molar-refractivity contribution in [1.29, 1.82) is 0 Å². The van der Waals surface area contributed by atoms with Crippen molar-refractivity contribution in [1.82, 2.24) is 14.7 Å². The molecule has 1 saturated heterocycles. The van der Waals surface area contributed by atoms with Crippen LogP contribution in [0.1, 0.15) is 19.3 Å². The molecular weight excluding hydrogens is 294 g/mol. The van der Waals surface area contributed by atoms with E-state index in [-0.39, 0.29) is 18.0 Å². The van der Waals surface area contributed by atoms with Crippen LogP contribution in [0.25, 0.3) is 10.4 Å². The van der Waals surface area contributed by atoms with Gasteiger partial charge in [-0.3, -0.25) is 14.6 Å². The largest absolute Gasteiger partial charge is 0.302 e. The molecule has 3 rings (SSSR count). The molecular formula is C14H20ClN3OS. The summed E-state index contributed by atoms with van der Waals surface area (Å²) in [5.41, 5.74) is 0.801. The molecule has 0 bridgehead atoms. The van der Waals surface area contributed by atoms with Crippen molar-refractivity contribution in [3.8, 4) is 10.4 Å². The molecule has 0 saturated carbocycles. The highest BCUT2D eigenvalue weighted by Gasteiger charge is 2.11. The summed E-state index contributed by atoms with van der Waals surface area (Å²) in [7, 11) is 0. The van der Waals surface area contributed by atoms with E-state index < -0.39 is 0 Å². The van der Waals surface area contributed by atoms with Crippen molar-refractivity contribution < 1.29 is 0 Å². The highest BCUT2D eigenvalue weighted by molar-refractivity contribution is 7.13. The Kier molecular flexibility index (Phi) is 5.46. The average molecular weight is 314 g/mol. The van der Waals surface area contributed by atoms with Gasteiger partial charge >= 0.3 is 0 Å². The molecule has 2 aromatic rings. The quantitative estimate of drug-likeness (QED) is 0.943. The van der Waals surface area contributed by atoms with Crippen LogP contribution >= 0.6 is 23.7 Å². The predicted octanol–water partition coefficient (Wildman–Crippen LogP) is 2.81. The Morgan fingerprint density at radius 1 is 1.20 bits per heavy atom. The monoisotopic (exact) mass is 313 g/mol. The van der Waals surface area contributed by atoms with Gasteiger partial charge in [0, 0.05) is 17.6 Å². The van der Waals surface area contributed by atoms with Crippen molar-refractivity contribution in [2.75, 3.05) is 19.6 Å². The van der Waals surface area contributed by atoms with E-state index in [1.165, 1.54) is 32.4 Å². The Bertz CT molecular complexity index is 570. The normalized spacial score (nSPS) is 16.0. The van der Waals surface area contributed by atoms with E-state index in [9.17, 15) is 4.79 Å². The molecule has 0 amide bonds. The zero-order chi connectivity index (χ0) is 13.1. The topological polar surface area (TPSA) is 41.0 Å². The summed E-state index contributed by atoms with van der Waals surface area (Å²) in [6.07, 6.45) is 5.92. The first kappa shape index (κ1) is 15.4. The minimum atomic E-state index is 0. The third-order valence-corrected chi connectivity index (χ3v) is 4.57. The lowest BCUT2D eigenvalue weighted by Crippen LogP contribution is -2.32. The molecule has 110 valence electrons. The molecule has 20 heavy (non-hydrogen) atoms. The van der Waals surface area contributed by atoms with Gasteiger partial charge in [0.25, 0.3) is 5.56 Å². The van der Waals surface area contributed by atoms with E-state index in [1.54, 1.807) is 11.3 Å². The van der Waals surface area contributed by atoms with Crippen molar-refractivity contribution in [3.05, 3.63) is 34.1 Å². The molecule has 0 radical (unpaired) electrons. The summed E-state index contributed by atoms with van der Waals surface area (Å²) in [5, 5.41) is 4.91. The summed E-state index contributed by atoms with van der Waals surface area (Å²) in [4.78, 5) is 15.4. The first-order valence-electron chi connectivity index (χ1n) is 6.88. The van der Waals surface area contributed by atoms with E-state index >= 15 is 0 Å². The summed E-state index contributed by atoms with van der Waals surface area (Å²) >= 11 is 1.61. The predicted molar refractivity (Wildman–Crippen MR) is 85.9 cm³/mol. The molecule has 0 aliphatic carbocycles. The van der Waals surface area contributed by atoms with E-state index in [0.29, 0.717) is 0 Å². The van der Waals surface area contributed by atoms with Crippen LogP contribution in [-0.2, 0) is 6.54 Å². The zero-order valence-corrected chi connectivity index (χ0v) is 13.0. The Balaban J connectivity index is 0.00000147. The van der Waals surface area contributed by atoms with Crippen LogP contribution < -0.4 is 5.56 Å². The molecule has 0 spiro atoms. The standard InChI is InChI=1S/C14H19N3OS.ClH/c18-14-12(13-5-4-10-19-13)11-17(15-14)9-8-16-6-2-1-3-7-16;/h4-5,10-11H,1-3,6-9H2,(H,15,18);1H. The zero-order valence-electron chi connectivity index (χ0n) is 11.4. The summed E-state index contributed by atoms with van der Waals surface area (Å²) < 4.78 is 1.92. The van der Waals surface area contributed by atoms with E-state index in [0.717, 1.165) is 23.5 Å². The number of thiophene rings is 1. The first-order valence-corrected chi connectivity index (χ1v) is 7.76. The number of nitrogens with one attached hydrogen (secondary N) is 1.